The van der Waals surface area contributed by atoms with Gasteiger partial charge in [0.1, 0.15) is 5.75 Å². The molecule has 1 aliphatic heterocycles. The number of hydrogen-bond donors (Lipinski definition) is 1. The van der Waals surface area contributed by atoms with Gasteiger partial charge in [-0.3, -0.25) is 4.79 Å². The summed E-state index contributed by atoms with van der Waals surface area (Å²) in [4.78, 5) is 14.6. The first kappa shape index (κ1) is 24.9. The zero-order valence-electron chi connectivity index (χ0n) is 20.0. The van der Waals surface area contributed by atoms with E-state index in [1.807, 2.05) is 41.3 Å². The predicted octanol–water partition coefficient (Wildman–Crippen LogP) is 4.59. The summed E-state index contributed by atoms with van der Waals surface area (Å²) in [5, 5.41) is 0. The van der Waals surface area contributed by atoms with E-state index < -0.39 is 10.0 Å². The Hall–Kier alpha value is -3.16. The molecule has 1 atom stereocenters. The van der Waals surface area contributed by atoms with Crippen molar-refractivity contribution < 1.29 is 17.9 Å². The summed E-state index contributed by atoms with van der Waals surface area (Å²) in [6, 6.07) is 25.7. The van der Waals surface area contributed by atoms with E-state index in [4.69, 9.17) is 4.74 Å². The van der Waals surface area contributed by atoms with Crippen LogP contribution in [0.1, 0.15) is 36.9 Å². The third kappa shape index (κ3) is 6.93. The van der Waals surface area contributed by atoms with Gasteiger partial charge in [-0.05, 0) is 67.5 Å². The maximum absolute atomic E-state index is 12.7. The number of amides is 1. The number of sulfonamides is 1. The Kier molecular flexibility index (Phi) is 8.21. The lowest BCUT2D eigenvalue weighted by Crippen LogP contribution is -2.41. The molecular weight excluding hydrogens is 460 g/mol. The van der Waals surface area contributed by atoms with Gasteiger partial charge < -0.3 is 9.64 Å². The highest BCUT2D eigenvalue weighted by molar-refractivity contribution is 7.89. The number of nitrogens with zero attached hydrogens (tertiary/aromatic N) is 1. The molecule has 6 nitrogen and oxygen atoms in total. The zero-order valence-corrected chi connectivity index (χ0v) is 20.8. The number of rotatable bonds is 9. The Morgan fingerprint density at radius 3 is 2.17 bits per heavy atom. The van der Waals surface area contributed by atoms with Crippen LogP contribution in [-0.2, 0) is 21.2 Å². The first-order valence-corrected chi connectivity index (χ1v) is 13.5. The van der Waals surface area contributed by atoms with Crippen LogP contribution >= 0.6 is 0 Å². The molecule has 35 heavy (non-hydrogen) atoms. The van der Waals surface area contributed by atoms with Crippen molar-refractivity contribution in [2.45, 2.75) is 37.1 Å². The predicted molar refractivity (Wildman–Crippen MR) is 137 cm³/mol. The quantitative estimate of drug-likeness (QED) is 0.474. The number of piperidine rings is 1. The van der Waals surface area contributed by atoms with Gasteiger partial charge in [0, 0.05) is 19.1 Å². The van der Waals surface area contributed by atoms with Crippen LogP contribution < -0.4 is 9.46 Å². The van der Waals surface area contributed by atoms with Gasteiger partial charge in [0.15, 0.2) is 6.61 Å². The third-order valence-corrected chi connectivity index (χ3v) is 8.02. The highest BCUT2D eigenvalue weighted by atomic mass is 32.2. The molecule has 0 aromatic heterocycles. The smallest absolute Gasteiger partial charge is 0.260 e. The van der Waals surface area contributed by atoms with Crippen molar-refractivity contribution in [3.05, 3.63) is 96.1 Å². The Balaban J connectivity index is 1.24. The second-order valence-corrected chi connectivity index (χ2v) is 10.7. The summed E-state index contributed by atoms with van der Waals surface area (Å²) < 4.78 is 33.8. The monoisotopic (exact) mass is 492 g/mol. The maximum atomic E-state index is 12.7. The average molecular weight is 493 g/mol. The molecule has 0 aliphatic carbocycles. The zero-order chi connectivity index (χ0) is 24.7. The third-order valence-electron chi connectivity index (χ3n) is 6.46. The van der Waals surface area contributed by atoms with Gasteiger partial charge in [0.05, 0.1) is 4.90 Å². The molecule has 4 rings (SSSR count). The lowest BCUT2D eigenvalue weighted by Gasteiger charge is -2.32. The van der Waals surface area contributed by atoms with E-state index in [9.17, 15) is 13.2 Å². The maximum Gasteiger partial charge on any atom is 0.260 e. The fourth-order valence-electron chi connectivity index (χ4n) is 4.40. The first-order valence-electron chi connectivity index (χ1n) is 12.0. The van der Waals surface area contributed by atoms with Gasteiger partial charge in [-0.2, -0.15) is 0 Å². The van der Waals surface area contributed by atoms with Crippen molar-refractivity contribution in [3.8, 4) is 5.75 Å². The number of ether oxygens (including phenoxy) is 1. The molecule has 0 unspecified atom stereocenters. The summed E-state index contributed by atoms with van der Waals surface area (Å²) in [6.45, 7) is 3.23. The van der Waals surface area contributed by atoms with Crippen molar-refractivity contribution >= 4 is 15.9 Å². The highest BCUT2D eigenvalue weighted by Gasteiger charge is 2.23. The van der Waals surface area contributed by atoms with Crippen molar-refractivity contribution in [2.24, 2.45) is 5.92 Å². The number of carbonyl (C=O) groups excluding carboxylic acids is 1. The second kappa shape index (κ2) is 11.5. The van der Waals surface area contributed by atoms with Crippen LogP contribution in [0.4, 0.5) is 0 Å². The number of hydrogen-bond acceptors (Lipinski definition) is 4. The van der Waals surface area contributed by atoms with E-state index in [1.54, 1.807) is 19.1 Å². The molecule has 1 aliphatic rings. The molecule has 184 valence electrons. The lowest BCUT2D eigenvalue weighted by atomic mass is 9.90. The van der Waals surface area contributed by atoms with Crippen LogP contribution in [0.5, 0.6) is 5.75 Å². The van der Waals surface area contributed by atoms with Gasteiger partial charge in [0.25, 0.3) is 5.91 Å². The Morgan fingerprint density at radius 1 is 0.943 bits per heavy atom. The molecule has 1 fully saturated rings. The fraction of sp³-hybridized carbons (Fsp3) is 0.321. The largest absolute Gasteiger partial charge is 0.484 e. The molecule has 1 amide bonds. The molecular formula is C28H32N2O4S. The highest BCUT2D eigenvalue weighted by Crippen LogP contribution is 2.23. The SMILES string of the molecule is C[C@@H](NS(=O)(=O)c1ccc(OCC(=O)N2CCC(Cc3ccccc3)CC2)cc1)c1ccccc1. The van der Waals surface area contributed by atoms with E-state index in [-0.39, 0.29) is 23.5 Å². The minimum Gasteiger partial charge on any atom is -0.484 e. The molecule has 1 heterocycles. The minimum absolute atomic E-state index is 0.0433. The molecule has 0 spiro atoms. The van der Waals surface area contributed by atoms with E-state index in [0.717, 1.165) is 37.9 Å². The number of likely N-dealkylation sites (tertiary alicyclic amines) is 1. The number of nitrogens with one attached hydrogen (secondary N) is 1. The number of carbonyl (C=O) groups is 1. The molecule has 1 N–H and O–H groups in total. The Morgan fingerprint density at radius 2 is 1.54 bits per heavy atom. The fourth-order valence-corrected chi connectivity index (χ4v) is 5.63. The van der Waals surface area contributed by atoms with E-state index in [1.165, 1.54) is 17.7 Å². The summed E-state index contributed by atoms with van der Waals surface area (Å²) in [6.07, 6.45) is 3.02. The normalized spacial score (nSPS) is 15.5. The van der Waals surface area contributed by atoms with Crippen LogP contribution in [0, 0.1) is 5.92 Å². The van der Waals surface area contributed by atoms with Gasteiger partial charge in [0.2, 0.25) is 10.0 Å². The molecule has 1 saturated heterocycles. The van der Waals surface area contributed by atoms with Crippen LogP contribution in [-0.4, -0.2) is 38.9 Å². The number of benzene rings is 3. The Bertz CT molecular complexity index is 1190. The van der Waals surface area contributed by atoms with E-state index in [2.05, 4.69) is 29.0 Å². The molecule has 0 bridgehead atoms. The topological polar surface area (TPSA) is 75.7 Å². The molecule has 3 aromatic carbocycles. The molecule has 7 heteroatoms. The van der Waals surface area contributed by atoms with Gasteiger partial charge in [-0.1, -0.05) is 60.7 Å². The van der Waals surface area contributed by atoms with Crippen molar-refractivity contribution in [1.82, 2.24) is 9.62 Å². The Labute approximate surface area is 208 Å². The summed E-state index contributed by atoms with van der Waals surface area (Å²) in [5.74, 6) is 1.01. The van der Waals surface area contributed by atoms with Gasteiger partial charge >= 0.3 is 0 Å². The van der Waals surface area contributed by atoms with Gasteiger partial charge in [-0.25, -0.2) is 13.1 Å². The van der Waals surface area contributed by atoms with Crippen LogP contribution in [0.3, 0.4) is 0 Å². The standard InChI is InChI=1S/C28H32N2O4S/c1-22(25-10-6-3-7-11-25)29-35(32,33)27-14-12-26(13-15-27)34-21-28(31)30-18-16-24(17-19-30)20-23-8-4-2-5-9-23/h2-15,22,24,29H,16-21H2,1H3/t22-/m1/s1. The summed E-state index contributed by atoms with van der Waals surface area (Å²) >= 11 is 0. The summed E-state index contributed by atoms with van der Waals surface area (Å²) in [5.41, 5.74) is 2.23. The van der Waals surface area contributed by atoms with Crippen molar-refractivity contribution in [3.63, 3.8) is 0 Å². The van der Waals surface area contributed by atoms with E-state index in [0.29, 0.717) is 11.7 Å². The molecule has 0 saturated carbocycles. The van der Waals surface area contributed by atoms with Gasteiger partial charge in [-0.15, -0.1) is 0 Å². The lowest BCUT2D eigenvalue weighted by molar-refractivity contribution is -0.134. The molecule has 3 aromatic rings. The van der Waals surface area contributed by atoms with Crippen molar-refractivity contribution in [1.29, 1.82) is 0 Å². The van der Waals surface area contributed by atoms with E-state index >= 15 is 0 Å². The minimum atomic E-state index is -3.68. The molecule has 0 radical (unpaired) electrons. The van der Waals surface area contributed by atoms with Crippen LogP contribution in [0.15, 0.2) is 89.8 Å². The van der Waals surface area contributed by atoms with Crippen LogP contribution in [0.2, 0.25) is 0 Å². The van der Waals surface area contributed by atoms with Crippen LogP contribution in [0.25, 0.3) is 0 Å². The average Bonchev–Trinajstić information content (AvgIpc) is 2.89. The first-order chi connectivity index (χ1) is 16.9. The summed E-state index contributed by atoms with van der Waals surface area (Å²) in [7, 11) is -3.68. The van der Waals surface area contributed by atoms with Crippen molar-refractivity contribution in [2.75, 3.05) is 19.7 Å². The second-order valence-electron chi connectivity index (χ2n) is 9.03.